The number of carbonyl (C=O) groups is 1. The van der Waals surface area contributed by atoms with Crippen molar-refractivity contribution in [2.45, 2.75) is 71.3 Å². The first-order valence-corrected chi connectivity index (χ1v) is 17.6. The number of amides is 1. The van der Waals surface area contributed by atoms with E-state index in [0.717, 1.165) is 77.7 Å². The van der Waals surface area contributed by atoms with Gasteiger partial charge in [0.25, 0.3) is 0 Å². The van der Waals surface area contributed by atoms with Crippen molar-refractivity contribution >= 4 is 22.7 Å². The molecule has 0 bridgehead atoms. The summed E-state index contributed by atoms with van der Waals surface area (Å²) in [6, 6.07) is 30.9. The van der Waals surface area contributed by atoms with Gasteiger partial charge in [0.05, 0.1) is 16.8 Å². The molecule has 3 heterocycles. The lowest BCUT2D eigenvalue weighted by Crippen LogP contribution is -2.61. The van der Waals surface area contributed by atoms with Crippen molar-refractivity contribution in [2.24, 2.45) is 12.5 Å². The summed E-state index contributed by atoms with van der Waals surface area (Å²) in [6.07, 6.45) is 4.15. The van der Waals surface area contributed by atoms with Crippen LogP contribution in [0.25, 0.3) is 22.2 Å². The van der Waals surface area contributed by atoms with Crippen LogP contribution in [0.5, 0.6) is 11.8 Å². The van der Waals surface area contributed by atoms with E-state index in [1.54, 1.807) is 0 Å². The van der Waals surface area contributed by atoms with Crippen LogP contribution in [0.1, 0.15) is 57.6 Å². The maximum Gasteiger partial charge on any atom is 0.410 e. The van der Waals surface area contributed by atoms with E-state index in [1.165, 1.54) is 0 Å². The summed E-state index contributed by atoms with van der Waals surface area (Å²) < 4.78 is 20.1. The maximum atomic E-state index is 12.6. The minimum atomic E-state index is -0.472. The molecule has 2 aromatic heterocycles. The summed E-state index contributed by atoms with van der Waals surface area (Å²) >= 11 is 0. The van der Waals surface area contributed by atoms with Crippen molar-refractivity contribution in [1.82, 2.24) is 19.7 Å². The average molecular weight is 674 g/mol. The molecule has 2 aliphatic rings. The minimum absolute atomic E-state index is 0.195. The van der Waals surface area contributed by atoms with Crippen LogP contribution in [0.4, 0.5) is 10.5 Å². The lowest BCUT2D eigenvalue weighted by molar-refractivity contribution is -0.0504. The molecule has 50 heavy (non-hydrogen) atoms. The highest BCUT2D eigenvalue weighted by molar-refractivity contribution is 6.01. The quantitative estimate of drug-likeness (QED) is 0.155. The van der Waals surface area contributed by atoms with Gasteiger partial charge in [-0.05, 0) is 69.7 Å². The van der Waals surface area contributed by atoms with Gasteiger partial charge >= 0.3 is 6.09 Å². The van der Waals surface area contributed by atoms with Crippen LogP contribution in [-0.2, 0) is 25.0 Å². The number of nitrogens with zero attached hydrogens (tertiary/aromatic N) is 5. The Balaban J connectivity index is 1.11. The number of hydrogen-bond donors (Lipinski definition) is 0. The highest BCUT2D eigenvalue weighted by Crippen LogP contribution is 2.46. The van der Waals surface area contributed by atoms with E-state index < -0.39 is 5.60 Å². The molecule has 0 unspecified atom stereocenters. The average Bonchev–Trinajstić information content (AvgIpc) is 3.44. The Hall–Kier alpha value is -5.05. The standard InChI is InChI=1S/C41H47N5O4/c1-40(2,3)50-39(47)46-27-41(28-46)23-21-31(22-24-41)44(4)34-18-12-17-32-36(43-45(5)37(32)34)33-19-20-35(48-25-29-13-8-6-9-14-29)42-38(33)49-26-30-15-10-7-11-16-30/h6-20,31H,21-28H2,1-5H3. The number of carbonyl (C=O) groups excluding carboxylic acids is 1. The number of fused-ring (bicyclic) bond motifs is 1. The largest absolute Gasteiger partial charge is 0.473 e. The molecule has 7 rings (SSSR count). The zero-order chi connectivity index (χ0) is 34.9. The number of rotatable bonds is 9. The molecule has 0 N–H and O–H groups in total. The number of likely N-dealkylation sites (tertiary alicyclic amines) is 1. The highest BCUT2D eigenvalue weighted by Gasteiger charge is 2.48. The minimum Gasteiger partial charge on any atom is -0.473 e. The molecule has 260 valence electrons. The van der Waals surface area contributed by atoms with E-state index in [-0.39, 0.29) is 11.5 Å². The van der Waals surface area contributed by atoms with E-state index in [1.807, 2.05) is 110 Å². The SMILES string of the molecule is CN(c1cccc2c(-c3ccc(OCc4ccccc4)nc3OCc3ccccc3)nn(C)c12)C1CCC2(CC1)CN(C(=O)OC(C)(C)C)C2. The molecule has 1 amide bonds. The lowest BCUT2D eigenvalue weighted by atomic mass is 9.67. The summed E-state index contributed by atoms with van der Waals surface area (Å²) in [5, 5.41) is 6.10. The Labute approximate surface area is 294 Å². The van der Waals surface area contributed by atoms with Gasteiger partial charge in [-0.25, -0.2) is 4.79 Å². The van der Waals surface area contributed by atoms with Crippen LogP contribution in [0, 0.1) is 5.41 Å². The fraction of sp³-hybridized carbons (Fsp3) is 0.390. The lowest BCUT2D eigenvalue weighted by Gasteiger charge is -2.54. The van der Waals surface area contributed by atoms with Crippen LogP contribution in [0.3, 0.4) is 0 Å². The first kappa shape index (κ1) is 33.4. The number of anilines is 1. The van der Waals surface area contributed by atoms with Crippen molar-refractivity contribution in [3.8, 4) is 23.0 Å². The second kappa shape index (κ2) is 13.7. The van der Waals surface area contributed by atoms with Gasteiger partial charge in [0.15, 0.2) is 0 Å². The number of hydrogen-bond acceptors (Lipinski definition) is 7. The Morgan fingerprint density at radius 1 is 0.860 bits per heavy atom. The number of aryl methyl sites for hydroxylation is 1. The third-order valence-corrected chi connectivity index (χ3v) is 10.0. The molecule has 9 nitrogen and oxygen atoms in total. The third kappa shape index (κ3) is 7.13. The van der Waals surface area contributed by atoms with Gasteiger partial charge in [0, 0.05) is 50.1 Å². The first-order chi connectivity index (χ1) is 24.1. The van der Waals surface area contributed by atoms with Gasteiger partial charge in [-0.15, -0.1) is 0 Å². The van der Waals surface area contributed by atoms with Crippen LogP contribution < -0.4 is 14.4 Å². The van der Waals surface area contributed by atoms with Crippen LogP contribution >= 0.6 is 0 Å². The van der Waals surface area contributed by atoms with Crippen molar-refractivity contribution < 1.29 is 19.0 Å². The smallest absolute Gasteiger partial charge is 0.410 e. The molecule has 1 saturated heterocycles. The Kier molecular flexibility index (Phi) is 9.16. The summed E-state index contributed by atoms with van der Waals surface area (Å²) in [5.41, 5.74) is 5.72. The number of pyridine rings is 1. The molecule has 1 aliphatic carbocycles. The Morgan fingerprint density at radius 3 is 2.14 bits per heavy atom. The number of para-hydroxylation sites is 1. The molecule has 0 radical (unpaired) electrons. The molecule has 0 atom stereocenters. The van der Waals surface area contributed by atoms with E-state index in [0.29, 0.717) is 31.0 Å². The maximum absolute atomic E-state index is 12.6. The molecule has 1 aliphatic heterocycles. The fourth-order valence-corrected chi connectivity index (χ4v) is 7.39. The summed E-state index contributed by atoms with van der Waals surface area (Å²) in [7, 11) is 4.21. The summed E-state index contributed by atoms with van der Waals surface area (Å²) in [4.78, 5) is 21.7. The number of aromatic nitrogens is 3. The zero-order valence-corrected chi connectivity index (χ0v) is 29.8. The summed E-state index contributed by atoms with van der Waals surface area (Å²) in [5.74, 6) is 0.980. The van der Waals surface area contributed by atoms with Gasteiger partial charge in [-0.2, -0.15) is 10.1 Å². The fourth-order valence-electron chi connectivity index (χ4n) is 7.39. The molecule has 1 spiro atoms. The van der Waals surface area contributed by atoms with Crippen molar-refractivity contribution in [1.29, 1.82) is 0 Å². The predicted molar refractivity (Wildman–Crippen MR) is 196 cm³/mol. The molecule has 3 aromatic carbocycles. The van der Waals surface area contributed by atoms with Crippen LogP contribution in [0.15, 0.2) is 91.0 Å². The van der Waals surface area contributed by atoms with Crippen LogP contribution in [-0.4, -0.2) is 57.5 Å². The summed E-state index contributed by atoms with van der Waals surface area (Å²) in [6.45, 7) is 8.12. The van der Waals surface area contributed by atoms with E-state index in [9.17, 15) is 4.79 Å². The van der Waals surface area contributed by atoms with Gasteiger partial charge < -0.3 is 24.0 Å². The van der Waals surface area contributed by atoms with Gasteiger partial charge in [-0.3, -0.25) is 4.68 Å². The first-order valence-electron chi connectivity index (χ1n) is 17.6. The second-order valence-corrected chi connectivity index (χ2v) is 14.9. The van der Waals surface area contributed by atoms with Crippen molar-refractivity contribution in [2.75, 3.05) is 25.0 Å². The Morgan fingerprint density at radius 2 is 1.50 bits per heavy atom. The molecular formula is C41H47N5O4. The third-order valence-electron chi connectivity index (χ3n) is 10.0. The number of benzene rings is 3. The molecule has 1 saturated carbocycles. The monoisotopic (exact) mass is 673 g/mol. The van der Waals surface area contributed by atoms with Crippen molar-refractivity contribution in [3.63, 3.8) is 0 Å². The number of ether oxygens (including phenoxy) is 3. The van der Waals surface area contributed by atoms with E-state index >= 15 is 0 Å². The Bertz CT molecular complexity index is 1940. The van der Waals surface area contributed by atoms with Crippen molar-refractivity contribution in [3.05, 3.63) is 102 Å². The van der Waals surface area contributed by atoms with E-state index in [4.69, 9.17) is 24.3 Å². The topological polar surface area (TPSA) is 82.0 Å². The van der Waals surface area contributed by atoms with Gasteiger partial charge in [-0.1, -0.05) is 72.8 Å². The van der Waals surface area contributed by atoms with Gasteiger partial charge in [0.1, 0.15) is 24.5 Å². The molecular weight excluding hydrogens is 626 g/mol. The van der Waals surface area contributed by atoms with Gasteiger partial charge in [0.2, 0.25) is 11.8 Å². The second-order valence-electron chi connectivity index (χ2n) is 14.9. The normalized spacial score (nSPS) is 15.9. The predicted octanol–water partition coefficient (Wildman–Crippen LogP) is 8.41. The molecule has 2 fully saturated rings. The molecule has 9 heteroatoms. The molecule has 5 aromatic rings. The zero-order valence-electron chi connectivity index (χ0n) is 29.8. The highest BCUT2D eigenvalue weighted by atomic mass is 16.6. The van der Waals surface area contributed by atoms with E-state index in [2.05, 4.69) is 30.1 Å². The van der Waals surface area contributed by atoms with Crippen LogP contribution in [0.2, 0.25) is 0 Å².